The number of phenolic OH excluding ortho intramolecular Hbond substituents is 1. The van der Waals surface area contributed by atoms with Gasteiger partial charge in [-0.3, -0.25) is 5.41 Å². The maximum Gasteiger partial charge on any atom is 0.341 e. The Hall–Kier alpha value is -3.18. The summed E-state index contributed by atoms with van der Waals surface area (Å²) in [4.78, 5) is 13.6. The molecule has 0 radical (unpaired) electrons. The predicted octanol–water partition coefficient (Wildman–Crippen LogP) is 3.52. The highest BCUT2D eigenvalue weighted by molar-refractivity contribution is 9.10. The third kappa shape index (κ3) is 4.32. The fraction of sp³-hybridized carbons (Fsp3) is 0.261. The van der Waals surface area contributed by atoms with E-state index in [0.29, 0.717) is 32.2 Å². The highest BCUT2D eigenvalue weighted by Gasteiger charge is 2.36. The zero-order valence-electron chi connectivity index (χ0n) is 18.2. The molecule has 1 fully saturated rings. The lowest BCUT2D eigenvalue weighted by Gasteiger charge is -2.13. The van der Waals surface area contributed by atoms with E-state index >= 15 is 0 Å². The van der Waals surface area contributed by atoms with Crippen molar-refractivity contribution in [3.05, 3.63) is 63.0 Å². The van der Waals surface area contributed by atoms with Gasteiger partial charge in [0.25, 0.3) is 0 Å². The zero-order valence-corrected chi connectivity index (χ0v) is 20.6. The van der Waals surface area contributed by atoms with Crippen LogP contribution in [0.2, 0.25) is 0 Å². The summed E-state index contributed by atoms with van der Waals surface area (Å²) < 4.78 is 33.7. The molecule has 0 spiro atoms. The van der Waals surface area contributed by atoms with Crippen LogP contribution in [0.1, 0.15) is 53.0 Å². The number of carbonyl (C=O) groups excluding carboxylic acids is 1. The highest BCUT2D eigenvalue weighted by Crippen LogP contribution is 2.46. The first kappa shape index (κ1) is 24.0. The van der Waals surface area contributed by atoms with Gasteiger partial charge in [-0.1, -0.05) is 12.1 Å². The number of hydrogen-bond acceptors (Lipinski definition) is 5. The van der Waals surface area contributed by atoms with E-state index in [1.54, 1.807) is 13.0 Å². The molecular weight excluding hydrogens is 527 g/mol. The molecule has 1 aliphatic carbocycles. The van der Waals surface area contributed by atoms with E-state index < -0.39 is 11.8 Å². The average molecular weight is 549 g/mol. The van der Waals surface area contributed by atoms with Crippen LogP contribution in [0.15, 0.2) is 34.8 Å². The third-order valence-corrected chi connectivity index (χ3v) is 6.77. The van der Waals surface area contributed by atoms with Crippen LogP contribution in [0.5, 0.6) is 5.75 Å². The minimum Gasteiger partial charge on any atom is -0.506 e. The van der Waals surface area contributed by atoms with Gasteiger partial charge in [-0.15, -0.1) is 0 Å². The monoisotopic (exact) mass is 548 g/mol. The number of aromatic nitrogens is 1. The highest BCUT2D eigenvalue weighted by atomic mass is 79.9. The Balaban J connectivity index is 2.13. The van der Waals surface area contributed by atoms with Crippen LogP contribution in [-0.2, 0) is 22.5 Å². The van der Waals surface area contributed by atoms with Gasteiger partial charge in [-0.05, 0) is 59.5 Å². The van der Waals surface area contributed by atoms with Crippen molar-refractivity contribution >= 4 is 54.9 Å². The van der Waals surface area contributed by atoms with Crippen LogP contribution in [0.3, 0.4) is 0 Å². The number of guanidine groups is 1. The number of nitrogens with one attached hydrogen (secondary N) is 2. The van der Waals surface area contributed by atoms with Gasteiger partial charge in [0, 0.05) is 23.5 Å². The van der Waals surface area contributed by atoms with E-state index in [1.807, 2.05) is 4.57 Å². The van der Waals surface area contributed by atoms with Gasteiger partial charge in [0.05, 0.1) is 44.0 Å². The molecule has 0 aliphatic heterocycles. The molecule has 0 bridgehead atoms. The number of nitrogens with two attached hydrogens (primary N) is 1. The molecule has 0 unspecified atom stereocenters. The van der Waals surface area contributed by atoms with Crippen molar-refractivity contribution in [2.75, 3.05) is 6.61 Å². The lowest BCUT2D eigenvalue weighted by atomic mass is 10.0. The number of benzene rings is 2. The van der Waals surface area contributed by atoms with Gasteiger partial charge >= 0.3 is 5.97 Å². The number of carbonyl (C=O) groups is 1. The second-order valence-electron chi connectivity index (χ2n) is 7.81. The van der Waals surface area contributed by atoms with E-state index in [2.05, 4.69) is 21.2 Å². The molecular formula is C23H22BrFN4O4S. The van der Waals surface area contributed by atoms with Crippen molar-refractivity contribution in [3.8, 4) is 5.75 Å². The van der Waals surface area contributed by atoms with Crippen molar-refractivity contribution < 1.29 is 23.2 Å². The summed E-state index contributed by atoms with van der Waals surface area (Å²) >= 11 is 3.59. The van der Waals surface area contributed by atoms with Crippen LogP contribution in [0, 0.1) is 11.2 Å². The maximum atomic E-state index is 13.6. The van der Waals surface area contributed by atoms with Crippen LogP contribution in [0.4, 0.5) is 4.39 Å². The number of aromatic hydroxyl groups is 1. The molecule has 1 aliphatic rings. The minimum atomic E-state index is -0.652. The van der Waals surface area contributed by atoms with Crippen molar-refractivity contribution in [1.29, 1.82) is 5.41 Å². The van der Waals surface area contributed by atoms with Gasteiger partial charge in [-0.25, -0.2) is 13.4 Å². The molecule has 8 nitrogen and oxygen atoms in total. The molecule has 0 saturated heterocycles. The summed E-state index contributed by atoms with van der Waals surface area (Å²) in [6, 6.07) is 7.22. The Labute approximate surface area is 206 Å². The zero-order chi connectivity index (χ0) is 24.6. The Morgan fingerprint density at radius 1 is 1.38 bits per heavy atom. The first-order valence-electron chi connectivity index (χ1n) is 10.5. The summed E-state index contributed by atoms with van der Waals surface area (Å²) in [6.07, 6.45) is 1.69. The fourth-order valence-electron chi connectivity index (χ4n) is 4.02. The summed E-state index contributed by atoms with van der Waals surface area (Å²) in [7, 11) is 0. The molecule has 5 N–H and O–H groups in total. The van der Waals surface area contributed by atoms with Gasteiger partial charge in [0.2, 0.25) is 0 Å². The summed E-state index contributed by atoms with van der Waals surface area (Å²) in [5.41, 5.74) is 7.39. The Kier molecular flexibility index (Phi) is 6.76. The SMILES string of the molecule is CCOC(=O)c1c(C(=S=O)c2ccc(F)cc2)n(C2CC2)c2cc(Br)c(O)c(CNC(=N)N)c12. The minimum absolute atomic E-state index is 0.0337. The molecule has 34 heavy (non-hydrogen) atoms. The van der Waals surface area contributed by atoms with Crippen molar-refractivity contribution in [1.82, 2.24) is 9.88 Å². The topological polar surface area (TPSA) is 130 Å². The summed E-state index contributed by atoms with van der Waals surface area (Å²) in [5, 5.41) is 21.5. The number of halogens is 2. The van der Waals surface area contributed by atoms with Crippen LogP contribution < -0.4 is 11.1 Å². The maximum absolute atomic E-state index is 13.6. The van der Waals surface area contributed by atoms with Gasteiger partial charge in [0.15, 0.2) is 5.96 Å². The smallest absolute Gasteiger partial charge is 0.341 e. The third-order valence-electron chi connectivity index (χ3n) is 5.57. The van der Waals surface area contributed by atoms with E-state index in [0.717, 1.165) is 12.8 Å². The number of ether oxygens (including phenoxy) is 1. The number of fused-ring (bicyclic) bond motifs is 1. The van der Waals surface area contributed by atoms with Gasteiger partial charge in [0.1, 0.15) is 11.6 Å². The first-order chi connectivity index (χ1) is 16.3. The van der Waals surface area contributed by atoms with E-state index in [9.17, 15) is 18.5 Å². The predicted molar refractivity (Wildman–Crippen MR) is 132 cm³/mol. The second kappa shape index (κ2) is 9.59. The standard InChI is InChI=1S/C23H22BrFN4O4S/c1-2-33-22(31)18-17-14(10-28-23(26)27)20(30)15(24)9-16(17)29(13-7-8-13)19(18)21(34-32)11-3-5-12(25)6-4-11/h3-6,9,13,30H,2,7-8,10H2,1H3,(H4,26,27,28). The van der Waals surface area contributed by atoms with Crippen molar-refractivity contribution in [3.63, 3.8) is 0 Å². The van der Waals surface area contributed by atoms with Crippen LogP contribution in [-0.4, -0.2) is 37.3 Å². The molecule has 11 heteroatoms. The van der Waals surface area contributed by atoms with Crippen molar-refractivity contribution in [2.24, 2.45) is 5.73 Å². The fourth-order valence-corrected chi connectivity index (χ4v) is 4.99. The molecule has 178 valence electrons. The molecule has 1 aromatic heterocycles. The molecule has 3 aromatic rings. The van der Waals surface area contributed by atoms with Crippen LogP contribution >= 0.6 is 15.9 Å². The second-order valence-corrected chi connectivity index (χ2v) is 9.24. The Morgan fingerprint density at radius 2 is 2.06 bits per heavy atom. The largest absolute Gasteiger partial charge is 0.506 e. The lowest BCUT2D eigenvalue weighted by molar-refractivity contribution is 0.0528. The molecule has 0 atom stereocenters. The normalized spacial score (nSPS) is 13.0. The number of phenols is 1. The molecule has 4 rings (SSSR count). The summed E-state index contributed by atoms with van der Waals surface area (Å²) in [6.45, 7) is 1.75. The van der Waals surface area contributed by atoms with Crippen molar-refractivity contribution in [2.45, 2.75) is 32.4 Å². The average Bonchev–Trinajstić information content (AvgIpc) is 3.58. The molecule has 1 heterocycles. The quantitative estimate of drug-likeness (QED) is 0.117. The number of rotatable bonds is 7. The number of nitrogens with zero attached hydrogens (tertiary/aromatic N) is 1. The first-order valence-corrected chi connectivity index (χ1v) is 12.1. The molecule has 2 aromatic carbocycles. The lowest BCUT2D eigenvalue weighted by Crippen LogP contribution is -2.29. The molecule has 0 amide bonds. The summed E-state index contributed by atoms with van der Waals surface area (Å²) in [5.74, 6) is -1.52. The molecule has 1 saturated carbocycles. The van der Waals surface area contributed by atoms with E-state index in [4.69, 9.17) is 15.9 Å². The number of esters is 1. The Morgan fingerprint density at radius 3 is 2.62 bits per heavy atom. The van der Waals surface area contributed by atoms with E-state index in [-0.39, 0.29) is 52.6 Å². The van der Waals surface area contributed by atoms with Gasteiger partial charge in [-0.2, -0.15) is 0 Å². The van der Waals surface area contributed by atoms with Crippen LogP contribution in [0.25, 0.3) is 10.9 Å². The van der Waals surface area contributed by atoms with Gasteiger partial charge < -0.3 is 25.5 Å². The number of hydrogen-bond donors (Lipinski definition) is 4. The van der Waals surface area contributed by atoms with E-state index in [1.165, 1.54) is 24.3 Å². The Bertz CT molecular complexity index is 1360.